The van der Waals surface area contributed by atoms with E-state index in [1.54, 1.807) is 0 Å². The molecule has 1 saturated carbocycles. The largest absolute Gasteiger partial charge is 0.479 e. The molecule has 3 aliphatic rings. The highest BCUT2D eigenvalue weighted by atomic mass is 16.6. The van der Waals surface area contributed by atoms with E-state index in [2.05, 4.69) is 15.0 Å². The van der Waals surface area contributed by atoms with E-state index in [0.29, 0.717) is 23.6 Å². The van der Waals surface area contributed by atoms with E-state index >= 15 is 0 Å². The first-order chi connectivity index (χ1) is 17.1. The zero-order valence-electron chi connectivity index (χ0n) is 19.8. The first-order valence-corrected chi connectivity index (χ1v) is 12.7. The van der Waals surface area contributed by atoms with Crippen LogP contribution in [0.25, 0.3) is 11.0 Å². The number of benzene rings is 1. The maximum Gasteiger partial charge on any atom is 0.344 e. The van der Waals surface area contributed by atoms with Gasteiger partial charge in [0.2, 0.25) is 12.3 Å². The standard InChI is InChI=1S/C26H31N5O4/c27-15-22(29-35-16-24(32)33)25-26(34)31(23-12-5-4-11-21(23)28-25)20-13-18-9-6-10-19(14-20)30(18)17-7-2-1-3-8-17/h4-5,11-12,17-20H,1-3,6-10,13-14,16H2,(H,32,33)/b29-22+/t18-,19+,20?. The molecule has 2 saturated heterocycles. The lowest BCUT2D eigenvalue weighted by molar-refractivity contribution is -0.142. The summed E-state index contributed by atoms with van der Waals surface area (Å²) in [5.74, 6) is -1.22. The molecule has 1 aromatic heterocycles. The van der Waals surface area contributed by atoms with E-state index in [1.807, 2.05) is 34.9 Å². The fourth-order valence-corrected chi connectivity index (χ4v) is 6.51. The molecule has 5 rings (SSSR count). The van der Waals surface area contributed by atoms with Crippen molar-refractivity contribution < 1.29 is 14.7 Å². The summed E-state index contributed by atoms with van der Waals surface area (Å²) in [6.07, 6.45) is 11.8. The van der Waals surface area contributed by atoms with E-state index in [4.69, 9.17) is 9.94 Å². The third-order valence-electron chi connectivity index (χ3n) is 7.84. The van der Waals surface area contributed by atoms with Crippen molar-refractivity contribution in [2.45, 2.75) is 88.4 Å². The summed E-state index contributed by atoms with van der Waals surface area (Å²) in [4.78, 5) is 36.5. The number of piperidine rings is 2. The van der Waals surface area contributed by atoms with Crippen LogP contribution in [0, 0.1) is 11.3 Å². The number of fused-ring (bicyclic) bond motifs is 3. The van der Waals surface area contributed by atoms with Crippen LogP contribution in [-0.2, 0) is 9.63 Å². The lowest BCUT2D eigenvalue weighted by atomic mass is 9.78. The van der Waals surface area contributed by atoms with Crippen molar-refractivity contribution in [3.8, 4) is 6.07 Å². The molecule has 1 aliphatic carbocycles. The van der Waals surface area contributed by atoms with E-state index in [-0.39, 0.29) is 23.0 Å². The molecule has 3 heterocycles. The zero-order chi connectivity index (χ0) is 24.4. The van der Waals surface area contributed by atoms with Crippen molar-refractivity contribution in [3.05, 3.63) is 40.3 Å². The van der Waals surface area contributed by atoms with Gasteiger partial charge in [0, 0.05) is 24.2 Å². The fraction of sp³-hybridized carbons (Fsp3) is 0.577. The van der Waals surface area contributed by atoms with E-state index in [0.717, 1.165) is 31.2 Å². The van der Waals surface area contributed by atoms with Crippen LogP contribution < -0.4 is 5.56 Å². The molecular weight excluding hydrogens is 446 g/mol. The lowest BCUT2D eigenvalue weighted by Gasteiger charge is -2.53. The van der Waals surface area contributed by atoms with Gasteiger partial charge in [0.25, 0.3) is 5.56 Å². The SMILES string of the molecule is N#C/C(=N\OCC(=O)O)c1nc2ccccc2n(C2C[C@H]3CCC[C@@H](C2)N3C2CCCCC2)c1=O. The molecular formula is C26H31N5O4. The number of para-hydroxylation sites is 2. The van der Waals surface area contributed by atoms with Gasteiger partial charge in [-0.1, -0.05) is 43.0 Å². The summed E-state index contributed by atoms with van der Waals surface area (Å²) >= 11 is 0. The number of aliphatic carboxylic acids is 1. The first-order valence-electron chi connectivity index (χ1n) is 12.7. The number of rotatable bonds is 6. The molecule has 9 nitrogen and oxygen atoms in total. The summed E-state index contributed by atoms with van der Waals surface area (Å²) in [5, 5.41) is 22.1. The topological polar surface area (TPSA) is 121 Å². The molecule has 1 aromatic carbocycles. The first kappa shape index (κ1) is 23.5. The predicted molar refractivity (Wildman–Crippen MR) is 130 cm³/mol. The van der Waals surface area contributed by atoms with Crippen LogP contribution >= 0.6 is 0 Å². The highest BCUT2D eigenvalue weighted by Crippen LogP contribution is 2.43. The Balaban J connectivity index is 1.53. The number of nitrogens with zero attached hydrogens (tertiary/aromatic N) is 5. The van der Waals surface area contributed by atoms with Crippen molar-refractivity contribution >= 4 is 22.7 Å². The maximum absolute atomic E-state index is 13.8. The van der Waals surface area contributed by atoms with Gasteiger partial charge in [-0.3, -0.25) is 9.69 Å². The Morgan fingerprint density at radius 3 is 2.43 bits per heavy atom. The van der Waals surface area contributed by atoms with Crippen LogP contribution in [0.5, 0.6) is 0 Å². The van der Waals surface area contributed by atoms with Crippen molar-refractivity contribution in [3.63, 3.8) is 0 Å². The Morgan fingerprint density at radius 2 is 1.74 bits per heavy atom. The van der Waals surface area contributed by atoms with Gasteiger partial charge in [-0.25, -0.2) is 9.78 Å². The fourth-order valence-electron chi connectivity index (χ4n) is 6.51. The van der Waals surface area contributed by atoms with Crippen molar-refractivity contribution in [1.82, 2.24) is 14.5 Å². The lowest BCUT2D eigenvalue weighted by Crippen LogP contribution is -2.57. The van der Waals surface area contributed by atoms with Crippen LogP contribution in [-0.4, -0.2) is 56.0 Å². The van der Waals surface area contributed by atoms with Gasteiger partial charge in [-0.05, 0) is 50.7 Å². The third kappa shape index (κ3) is 4.67. The third-order valence-corrected chi connectivity index (χ3v) is 7.84. The molecule has 2 aliphatic heterocycles. The van der Waals surface area contributed by atoms with Crippen LogP contribution in [0.15, 0.2) is 34.2 Å². The maximum atomic E-state index is 13.8. The Labute approximate surface area is 204 Å². The number of hydrogen-bond donors (Lipinski definition) is 1. The highest BCUT2D eigenvalue weighted by Gasteiger charge is 2.42. The smallest absolute Gasteiger partial charge is 0.344 e. The van der Waals surface area contributed by atoms with Crippen LogP contribution in [0.3, 0.4) is 0 Å². The highest BCUT2D eigenvalue weighted by molar-refractivity contribution is 6.10. The van der Waals surface area contributed by atoms with Crippen LogP contribution in [0.2, 0.25) is 0 Å². The van der Waals surface area contributed by atoms with Gasteiger partial charge in [-0.15, -0.1) is 0 Å². The molecule has 9 heteroatoms. The minimum atomic E-state index is -1.22. The Bertz CT molecular complexity index is 1210. The second-order valence-electron chi connectivity index (χ2n) is 9.95. The average molecular weight is 478 g/mol. The summed E-state index contributed by atoms with van der Waals surface area (Å²) in [5.41, 5.74) is 0.562. The molecule has 3 fully saturated rings. The van der Waals surface area contributed by atoms with E-state index < -0.39 is 12.6 Å². The number of nitriles is 1. The summed E-state index contributed by atoms with van der Waals surface area (Å²) in [7, 11) is 0. The van der Waals surface area contributed by atoms with Gasteiger partial charge < -0.3 is 14.5 Å². The predicted octanol–water partition coefficient (Wildman–Crippen LogP) is 3.62. The van der Waals surface area contributed by atoms with Crippen molar-refractivity contribution in [1.29, 1.82) is 5.26 Å². The summed E-state index contributed by atoms with van der Waals surface area (Å²) in [6.45, 7) is -0.698. The number of carboxylic acids is 1. The summed E-state index contributed by atoms with van der Waals surface area (Å²) < 4.78 is 1.81. The van der Waals surface area contributed by atoms with E-state index in [9.17, 15) is 14.9 Å². The second kappa shape index (κ2) is 10.2. The van der Waals surface area contributed by atoms with Gasteiger partial charge >= 0.3 is 5.97 Å². The molecule has 0 spiro atoms. The second-order valence-corrected chi connectivity index (χ2v) is 9.95. The Morgan fingerprint density at radius 1 is 1.06 bits per heavy atom. The number of oxime groups is 1. The van der Waals surface area contributed by atoms with Gasteiger partial charge in [-0.2, -0.15) is 5.26 Å². The molecule has 35 heavy (non-hydrogen) atoms. The molecule has 0 amide bonds. The normalized spacial score (nSPS) is 25.8. The molecule has 1 unspecified atom stereocenters. The molecule has 2 aromatic rings. The Hall–Kier alpha value is -3.25. The number of hydrogen-bond acceptors (Lipinski definition) is 7. The quantitative estimate of drug-likeness (QED) is 0.498. The molecule has 0 radical (unpaired) electrons. The van der Waals surface area contributed by atoms with E-state index in [1.165, 1.54) is 38.5 Å². The summed E-state index contributed by atoms with van der Waals surface area (Å²) in [6, 6.07) is 10.9. The number of carbonyl (C=O) groups is 1. The molecule has 1 N–H and O–H groups in total. The molecule has 3 atom stereocenters. The van der Waals surface area contributed by atoms with Gasteiger partial charge in [0.1, 0.15) is 6.07 Å². The number of aromatic nitrogens is 2. The Kier molecular flexibility index (Phi) is 6.82. The van der Waals surface area contributed by atoms with Gasteiger partial charge in [0.15, 0.2) is 5.69 Å². The monoisotopic (exact) mass is 477 g/mol. The minimum absolute atomic E-state index is 0.00386. The van der Waals surface area contributed by atoms with Crippen LogP contribution in [0.1, 0.15) is 75.9 Å². The molecule has 184 valence electrons. The number of carboxylic acid groups (broad SMARTS) is 1. The van der Waals surface area contributed by atoms with Gasteiger partial charge in [0.05, 0.1) is 11.0 Å². The van der Waals surface area contributed by atoms with Crippen molar-refractivity contribution in [2.75, 3.05) is 6.61 Å². The minimum Gasteiger partial charge on any atom is -0.479 e. The zero-order valence-corrected chi connectivity index (χ0v) is 19.8. The van der Waals surface area contributed by atoms with Crippen molar-refractivity contribution in [2.24, 2.45) is 5.16 Å². The average Bonchev–Trinajstić information content (AvgIpc) is 2.86. The molecule has 2 bridgehead atoms. The van der Waals surface area contributed by atoms with Crippen LogP contribution in [0.4, 0.5) is 0 Å².